The van der Waals surface area contributed by atoms with E-state index in [1.165, 1.54) is 0 Å². The number of rotatable bonds is 9. The van der Waals surface area contributed by atoms with E-state index in [9.17, 15) is 0 Å². The first-order chi connectivity index (χ1) is 11.2. The van der Waals surface area contributed by atoms with Crippen LogP contribution in [0.4, 0.5) is 0 Å². The van der Waals surface area contributed by atoms with Gasteiger partial charge in [0.05, 0.1) is 6.61 Å². The summed E-state index contributed by atoms with van der Waals surface area (Å²) in [5.41, 5.74) is 2.13. The highest BCUT2D eigenvalue weighted by molar-refractivity contribution is 6.75. The minimum absolute atomic E-state index is 0.464. The van der Waals surface area contributed by atoms with Crippen molar-refractivity contribution < 1.29 is 13.3 Å². The van der Waals surface area contributed by atoms with Crippen molar-refractivity contribution in [3.05, 3.63) is 72.3 Å². The van der Waals surface area contributed by atoms with Gasteiger partial charge in [-0.25, -0.2) is 0 Å². The maximum absolute atomic E-state index is 6.24. The van der Waals surface area contributed by atoms with E-state index in [-0.39, 0.29) is 0 Å². The van der Waals surface area contributed by atoms with E-state index in [2.05, 4.69) is 6.58 Å². The molecule has 0 saturated heterocycles. The lowest BCUT2D eigenvalue weighted by Crippen LogP contribution is -2.56. The van der Waals surface area contributed by atoms with Gasteiger partial charge >= 0.3 is 8.80 Å². The molecule has 0 N–H and O–H groups in total. The Morgan fingerprint density at radius 2 is 1.61 bits per heavy atom. The number of benzene rings is 2. The van der Waals surface area contributed by atoms with Crippen LogP contribution in [0.1, 0.15) is 25.0 Å². The van der Waals surface area contributed by atoms with E-state index in [0.717, 1.165) is 16.3 Å². The monoisotopic (exact) mass is 328 g/mol. The average molecular weight is 328 g/mol. The zero-order valence-corrected chi connectivity index (χ0v) is 14.8. The predicted molar refractivity (Wildman–Crippen MR) is 96.4 cm³/mol. The number of hydrogen-bond acceptors (Lipinski definition) is 3. The van der Waals surface area contributed by atoms with Crippen LogP contribution in [0.25, 0.3) is 6.08 Å². The van der Waals surface area contributed by atoms with E-state index in [4.69, 9.17) is 13.3 Å². The van der Waals surface area contributed by atoms with Gasteiger partial charge in [-0.05, 0) is 31.0 Å². The molecule has 0 fully saturated rings. The van der Waals surface area contributed by atoms with Gasteiger partial charge in [-0.15, -0.1) is 0 Å². The molecule has 0 bridgehead atoms. The first-order valence-electron chi connectivity index (χ1n) is 7.93. The van der Waals surface area contributed by atoms with Gasteiger partial charge in [-0.3, -0.25) is 0 Å². The molecule has 2 aromatic rings. The summed E-state index contributed by atoms with van der Waals surface area (Å²) in [4.78, 5) is 0. The van der Waals surface area contributed by atoms with Crippen LogP contribution in [0.3, 0.4) is 0 Å². The van der Waals surface area contributed by atoms with Crippen LogP contribution in [0, 0.1) is 0 Å². The van der Waals surface area contributed by atoms with Gasteiger partial charge in [-0.1, -0.05) is 61.2 Å². The second-order valence-electron chi connectivity index (χ2n) is 5.03. The van der Waals surface area contributed by atoms with Crippen molar-refractivity contribution in [3.8, 4) is 0 Å². The van der Waals surface area contributed by atoms with Crippen LogP contribution < -0.4 is 5.19 Å². The maximum Gasteiger partial charge on any atom is 0.537 e. The molecule has 0 atom stereocenters. The molecule has 0 saturated carbocycles. The molecule has 4 heteroatoms. The Morgan fingerprint density at radius 3 is 2.22 bits per heavy atom. The Labute approximate surface area is 139 Å². The van der Waals surface area contributed by atoms with Gasteiger partial charge < -0.3 is 13.3 Å². The molecule has 0 aliphatic rings. The van der Waals surface area contributed by atoms with E-state index >= 15 is 0 Å². The third-order valence-corrected chi connectivity index (χ3v) is 6.30. The Bertz CT molecular complexity index is 607. The molecule has 0 aromatic heterocycles. The Hall–Kier alpha value is -1.72. The van der Waals surface area contributed by atoms with Crippen LogP contribution in [-0.4, -0.2) is 22.0 Å². The normalized spacial score (nSPS) is 11.4. The highest BCUT2D eigenvalue weighted by atomic mass is 28.4. The summed E-state index contributed by atoms with van der Waals surface area (Å²) in [6.45, 7) is 9.30. The SMILES string of the molecule is C=Cc1cccc([Si](OCC)(OCC)OCc2ccccc2)c1. The lowest BCUT2D eigenvalue weighted by atomic mass is 10.2. The summed E-state index contributed by atoms with van der Waals surface area (Å²) in [6, 6.07) is 18.1. The second kappa shape index (κ2) is 8.79. The van der Waals surface area contributed by atoms with Gasteiger partial charge in [0.15, 0.2) is 0 Å². The minimum atomic E-state index is -2.95. The van der Waals surface area contributed by atoms with Crippen molar-refractivity contribution in [2.75, 3.05) is 13.2 Å². The van der Waals surface area contributed by atoms with Crippen LogP contribution in [-0.2, 0) is 19.9 Å². The molecule has 0 aliphatic carbocycles. The van der Waals surface area contributed by atoms with Gasteiger partial charge in [0.25, 0.3) is 0 Å². The lowest BCUT2D eigenvalue weighted by molar-refractivity contribution is 0.0755. The van der Waals surface area contributed by atoms with Crippen LogP contribution in [0.15, 0.2) is 61.2 Å². The smallest absolute Gasteiger partial charge is 0.370 e. The molecule has 0 spiro atoms. The fourth-order valence-corrected chi connectivity index (χ4v) is 4.87. The summed E-state index contributed by atoms with van der Waals surface area (Å²) < 4.78 is 18.3. The van der Waals surface area contributed by atoms with E-state index < -0.39 is 8.80 Å². The summed E-state index contributed by atoms with van der Waals surface area (Å²) >= 11 is 0. The molecule has 0 heterocycles. The molecule has 0 radical (unpaired) electrons. The van der Waals surface area contributed by atoms with Crippen molar-refractivity contribution >= 4 is 20.1 Å². The zero-order chi connectivity index (χ0) is 16.5. The largest absolute Gasteiger partial charge is 0.537 e. The van der Waals surface area contributed by atoms with Crippen molar-refractivity contribution in [3.63, 3.8) is 0 Å². The average Bonchev–Trinajstić information content (AvgIpc) is 2.61. The summed E-state index contributed by atoms with van der Waals surface area (Å²) in [7, 11) is -2.95. The maximum atomic E-state index is 6.24. The second-order valence-corrected chi connectivity index (χ2v) is 7.58. The lowest BCUT2D eigenvalue weighted by Gasteiger charge is -2.29. The van der Waals surface area contributed by atoms with Crippen LogP contribution >= 0.6 is 0 Å². The van der Waals surface area contributed by atoms with E-state index in [1.54, 1.807) is 0 Å². The molecular weight excluding hydrogens is 304 g/mol. The third kappa shape index (κ3) is 4.62. The molecule has 2 rings (SSSR count). The molecule has 0 aliphatic heterocycles. The standard InChI is InChI=1S/C19H24O3Si/c1-4-17-13-10-14-19(15-17)23(20-5-2,21-6-3)22-16-18-11-8-7-9-12-18/h4,7-15H,1,5-6,16H2,2-3H3. The summed E-state index contributed by atoms with van der Waals surface area (Å²) in [6.07, 6.45) is 1.82. The molecule has 23 heavy (non-hydrogen) atoms. The third-order valence-electron chi connectivity index (χ3n) is 3.42. The molecule has 0 unspecified atom stereocenters. The summed E-state index contributed by atoms with van der Waals surface area (Å²) in [5.74, 6) is 0. The van der Waals surface area contributed by atoms with Crippen molar-refractivity contribution in [2.45, 2.75) is 20.5 Å². The zero-order valence-electron chi connectivity index (χ0n) is 13.8. The van der Waals surface area contributed by atoms with Crippen LogP contribution in [0.5, 0.6) is 0 Å². The molecule has 0 amide bonds. The Morgan fingerprint density at radius 1 is 0.913 bits per heavy atom. The Kier molecular flexibility index (Phi) is 6.74. The first-order valence-corrected chi connectivity index (χ1v) is 9.65. The van der Waals surface area contributed by atoms with Crippen molar-refractivity contribution in [2.24, 2.45) is 0 Å². The quantitative estimate of drug-likeness (QED) is 0.656. The molecule has 122 valence electrons. The topological polar surface area (TPSA) is 27.7 Å². The molecule has 2 aromatic carbocycles. The molecular formula is C19H24O3Si. The number of hydrogen-bond donors (Lipinski definition) is 0. The summed E-state index contributed by atoms with van der Waals surface area (Å²) in [5, 5.41) is 0.967. The highest BCUT2D eigenvalue weighted by Gasteiger charge is 2.43. The fraction of sp³-hybridized carbons (Fsp3) is 0.263. The fourth-order valence-electron chi connectivity index (χ4n) is 2.36. The minimum Gasteiger partial charge on any atom is -0.370 e. The van der Waals surface area contributed by atoms with E-state index in [0.29, 0.717) is 19.8 Å². The van der Waals surface area contributed by atoms with E-state index in [1.807, 2.05) is 74.5 Å². The van der Waals surface area contributed by atoms with Gasteiger partial charge in [0, 0.05) is 18.4 Å². The van der Waals surface area contributed by atoms with Gasteiger partial charge in [0.2, 0.25) is 0 Å². The Balaban J connectivity index is 2.31. The van der Waals surface area contributed by atoms with Crippen molar-refractivity contribution in [1.82, 2.24) is 0 Å². The predicted octanol–water partition coefficient (Wildman–Crippen LogP) is 3.77. The van der Waals surface area contributed by atoms with Crippen LogP contribution in [0.2, 0.25) is 0 Å². The van der Waals surface area contributed by atoms with Gasteiger partial charge in [0.1, 0.15) is 0 Å². The highest BCUT2D eigenvalue weighted by Crippen LogP contribution is 2.15. The first kappa shape index (κ1) is 17.6. The molecule has 3 nitrogen and oxygen atoms in total. The van der Waals surface area contributed by atoms with Gasteiger partial charge in [-0.2, -0.15) is 0 Å². The van der Waals surface area contributed by atoms with Crippen molar-refractivity contribution in [1.29, 1.82) is 0 Å².